The van der Waals surface area contributed by atoms with Crippen molar-refractivity contribution in [2.45, 2.75) is 77.0 Å². The number of rotatable bonds is 16. The molecule has 2 fully saturated rings. The summed E-state index contributed by atoms with van der Waals surface area (Å²) in [5.41, 5.74) is 11.0. The van der Waals surface area contributed by atoms with Crippen LogP contribution in [0.15, 0.2) is 60.2 Å². The van der Waals surface area contributed by atoms with Crippen LogP contribution in [0.5, 0.6) is 23.0 Å². The molecule has 53 heavy (non-hydrogen) atoms. The number of fused-ring (bicyclic) bond motifs is 2. The fourth-order valence-electron chi connectivity index (χ4n) is 7.13. The summed E-state index contributed by atoms with van der Waals surface area (Å²) >= 11 is 6.37. The summed E-state index contributed by atoms with van der Waals surface area (Å²) in [7, 11) is 3.22. The Bertz CT molecular complexity index is 1840. The van der Waals surface area contributed by atoms with Crippen LogP contribution < -0.4 is 30.0 Å². The molecule has 0 spiro atoms. The Balaban J connectivity index is 1.24. The van der Waals surface area contributed by atoms with Gasteiger partial charge in [-0.1, -0.05) is 23.7 Å². The van der Waals surface area contributed by atoms with Crippen LogP contribution >= 0.6 is 11.6 Å². The number of nitrogens with zero attached hydrogens (tertiary/aromatic N) is 2. The van der Waals surface area contributed by atoms with Crippen molar-refractivity contribution < 1.29 is 33.3 Å². The SMILES string of the molecule is COc1cc(CN(C(=O)C2=C(c3ccc(OCCOc4cc(C)c(C)cc4Cl)cc3)CC3CN(C(=O)CCCC(N)=O)C[C@H]2N3)C2CC2)cc(OC)c1. The van der Waals surface area contributed by atoms with Crippen LogP contribution in [0.25, 0.3) is 5.57 Å². The van der Waals surface area contributed by atoms with Crippen molar-refractivity contribution in [1.29, 1.82) is 0 Å². The van der Waals surface area contributed by atoms with Gasteiger partial charge in [-0.25, -0.2) is 0 Å². The van der Waals surface area contributed by atoms with Crippen molar-refractivity contribution in [3.8, 4) is 23.0 Å². The molecular weight excluding hydrogens is 696 g/mol. The zero-order valence-electron chi connectivity index (χ0n) is 30.9. The number of amides is 3. The van der Waals surface area contributed by atoms with E-state index in [1.54, 1.807) is 14.2 Å². The minimum absolute atomic E-state index is 0.0363. The monoisotopic (exact) mass is 744 g/mol. The number of benzene rings is 3. The molecule has 11 nitrogen and oxygen atoms in total. The topological polar surface area (TPSA) is 133 Å². The Morgan fingerprint density at radius 3 is 2.23 bits per heavy atom. The predicted molar refractivity (Wildman–Crippen MR) is 203 cm³/mol. The van der Waals surface area contributed by atoms with E-state index in [0.29, 0.717) is 79.3 Å². The minimum Gasteiger partial charge on any atom is -0.497 e. The predicted octanol–water partition coefficient (Wildman–Crippen LogP) is 5.60. The highest BCUT2D eigenvalue weighted by atomic mass is 35.5. The first-order valence-corrected chi connectivity index (χ1v) is 18.6. The van der Waals surface area contributed by atoms with E-state index in [-0.39, 0.29) is 42.8 Å². The van der Waals surface area contributed by atoms with E-state index in [4.69, 9.17) is 36.3 Å². The van der Waals surface area contributed by atoms with E-state index < -0.39 is 5.91 Å². The van der Waals surface area contributed by atoms with Gasteiger partial charge in [0.05, 0.1) is 25.3 Å². The molecule has 1 unspecified atom stereocenters. The third-order valence-electron chi connectivity index (χ3n) is 10.2. The molecule has 3 amide bonds. The summed E-state index contributed by atoms with van der Waals surface area (Å²) in [6, 6.07) is 17.1. The molecule has 0 aromatic heterocycles. The van der Waals surface area contributed by atoms with E-state index in [9.17, 15) is 14.4 Å². The fraction of sp³-hybridized carbons (Fsp3) is 0.439. The lowest BCUT2D eigenvalue weighted by Gasteiger charge is -2.45. The van der Waals surface area contributed by atoms with Crippen LogP contribution in [0.4, 0.5) is 0 Å². The Hall–Kier alpha value is -4.74. The fourth-order valence-corrected chi connectivity index (χ4v) is 7.41. The molecule has 1 aliphatic carbocycles. The van der Waals surface area contributed by atoms with E-state index in [1.165, 1.54) is 0 Å². The number of methoxy groups -OCH3 is 2. The van der Waals surface area contributed by atoms with Gasteiger partial charge in [-0.15, -0.1) is 0 Å². The molecule has 1 saturated heterocycles. The van der Waals surface area contributed by atoms with E-state index in [0.717, 1.165) is 40.7 Å². The zero-order valence-corrected chi connectivity index (χ0v) is 31.7. The number of halogens is 1. The normalized spacial score (nSPS) is 18.0. The van der Waals surface area contributed by atoms with Crippen LogP contribution in [0, 0.1) is 13.8 Å². The first-order chi connectivity index (χ1) is 25.5. The average Bonchev–Trinajstić information content (AvgIpc) is 3.99. The molecule has 2 bridgehead atoms. The number of nitrogens with two attached hydrogens (primary N) is 1. The van der Waals surface area contributed by atoms with Crippen molar-refractivity contribution in [3.05, 3.63) is 87.4 Å². The first-order valence-electron chi connectivity index (χ1n) is 18.2. The molecular formula is C41H49ClN4O7. The van der Waals surface area contributed by atoms with Gasteiger partial charge in [-0.3, -0.25) is 14.4 Å². The van der Waals surface area contributed by atoms with Crippen LogP contribution in [0.3, 0.4) is 0 Å². The highest BCUT2D eigenvalue weighted by Crippen LogP contribution is 2.38. The Morgan fingerprint density at radius 1 is 0.887 bits per heavy atom. The highest BCUT2D eigenvalue weighted by Gasteiger charge is 2.43. The minimum atomic E-state index is -0.420. The van der Waals surface area contributed by atoms with Gasteiger partial charge in [0.15, 0.2) is 0 Å². The van der Waals surface area contributed by atoms with Crippen LogP contribution in [-0.2, 0) is 20.9 Å². The quantitative estimate of drug-likeness (QED) is 0.181. The van der Waals surface area contributed by atoms with Crippen molar-refractivity contribution in [1.82, 2.24) is 15.1 Å². The van der Waals surface area contributed by atoms with Gasteiger partial charge in [-0.2, -0.15) is 0 Å². The van der Waals surface area contributed by atoms with E-state index >= 15 is 0 Å². The second-order valence-corrected chi connectivity index (χ2v) is 14.5. The number of primary amides is 1. The second kappa shape index (κ2) is 16.9. The maximum absolute atomic E-state index is 14.9. The summed E-state index contributed by atoms with van der Waals surface area (Å²) in [5.74, 6) is 2.12. The maximum Gasteiger partial charge on any atom is 0.252 e. The van der Waals surface area contributed by atoms with E-state index in [1.807, 2.05) is 78.2 Å². The summed E-state index contributed by atoms with van der Waals surface area (Å²) in [5, 5.41) is 4.24. The highest BCUT2D eigenvalue weighted by molar-refractivity contribution is 6.32. The molecule has 2 aliphatic heterocycles. The third kappa shape index (κ3) is 9.44. The Kier molecular flexibility index (Phi) is 12.1. The molecule has 282 valence electrons. The molecule has 3 N–H and O–H groups in total. The molecule has 3 aliphatic rings. The molecule has 6 rings (SSSR count). The summed E-state index contributed by atoms with van der Waals surface area (Å²) < 4.78 is 23.0. The lowest BCUT2D eigenvalue weighted by Crippen LogP contribution is -2.62. The number of nitrogens with one attached hydrogen (secondary N) is 1. The molecule has 2 heterocycles. The van der Waals surface area contributed by atoms with Crippen molar-refractivity contribution in [3.63, 3.8) is 0 Å². The summed E-state index contributed by atoms with van der Waals surface area (Å²) in [6.45, 7) is 5.95. The number of carbonyl (C=O) groups is 3. The molecule has 1 saturated carbocycles. The number of hydrogen-bond donors (Lipinski definition) is 2. The largest absolute Gasteiger partial charge is 0.497 e. The maximum atomic E-state index is 14.9. The average molecular weight is 745 g/mol. The lowest BCUT2D eigenvalue weighted by molar-refractivity contribution is -0.134. The number of hydrogen-bond acceptors (Lipinski definition) is 8. The van der Waals surface area contributed by atoms with Gasteiger partial charge in [0.2, 0.25) is 11.8 Å². The molecule has 12 heteroatoms. The second-order valence-electron chi connectivity index (χ2n) is 14.1. The van der Waals surface area contributed by atoms with Crippen molar-refractivity contribution in [2.75, 3.05) is 40.5 Å². The number of ether oxygens (including phenoxy) is 4. The third-order valence-corrected chi connectivity index (χ3v) is 10.5. The summed E-state index contributed by atoms with van der Waals surface area (Å²) in [6.07, 6.45) is 3.21. The molecule has 2 atom stereocenters. The number of aryl methyl sites for hydroxylation is 2. The first kappa shape index (κ1) is 38.0. The Labute approximate surface area is 316 Å². The van der Waals surface area contributed by atoms with Gasteiger partial charge >= 0.3 is 0 Å². The molecule has 3 aromatic rings. The van der Waals surface area contributed by atoms with Gasteiger partial charge in [0.25, 0.3) is 5.91 Å². The smallest absolute Gasteiger partial charge is 0.252 e. The van der Waals surface area contributed by atoms with E-state index in [2.05, 4.69) is 5.32 Å². The molecule has 3 aromatic carbocycles. The summed E-state index contributed by atoms with van der Waals surface area (Å²) in [4.78, 5) is 43.3. The number of piperazine rings is 1. The number of carbonyl (C=O) groups excluding carboxylic acids is 3. The van der Waals surface area contributed by atoms with Crippen LogP contribution in [0.1, 0.15) is 60.8 Å². The molecule has 0 radical (unpaired) electrons. The van der Waals surface area contributed by atoms with Gasteiger partial charge in [0.1, 0.15) is 36.2 Å². The Morgan fingerprint density at radius 2 is 1.57 bits per heavy atom. The van der Waals surface area contributed by atoms with Crippen molar-refractivity contribution >= 4 is 34.9 Å². The lowest BCUT2D eigenvalue weighted by atomic mass is 9.82. The van der Waals surface area contributed by atoms with Gasteiger partial charge in [0, 0.05) is 56.2 Å². The van der Waals surface area contributed by atoms with Crippen LogP contribution in [-0.4, -0.2) is 86.2 Å². The van der Waals surface area contributed by atoms with Crippen LogP contribution in [0.2, 0.25) is 5.02 Å². The van der Waals surface area contributed by atoms with Gasteiger partial charge < -0.3 is 39.8 Å². The standard InChI is InChI=1S/C41H49ClN4O7/c1-25-16-35(42)37(17-26(25)2)53-15-14-52-31-12-8-28(9-13-31)34-20-29-23-45(39(48)7-5-6-38(43)47)24-36(44-29)40(34)41(49)46(30-10-11-30)22-27-18-32(50-3)21-33(19-27)51-4/h8-9,12-13,16-19,21,29-30,36,44H,5-7,10-11,14-15,20,22-24H2,1-4H3,(H2,43,47)/t29?,36-/m1/s1. The zero-order chi connectivity index (χ0) is 37.6. The van der Waals surface area contributed by atoms with Gasteiger partial charge in [-0.05, 0) is 104 Å². The van der Waals surface area contributed by atoms with Crippen molar-refractivity contribution in [2.24, 2.45) is 5.73 Å².